The summed E-state index contributed by atoms with van der Waals surface area (Å²) in [4.78, 5) is 45.8. The van der Waals surface area contributed by atoms with Crippen molar-refractivity contribution >= 4 is 28.6 Å². The fourth-order valence-corrected chi connectivity index (χ4v) is 5.63. The lowest BCUT2D eigenvalue weighted by Gasteiger charge is -2.38. The van der Waals surface area contributed by atoms with Crippen molar-refractivity contribution in [2.75, 3.05) is 20.3 Å². The van der Waals surface area contributed by atoms with Gasteiger partial charge >= 0.3 is 0 Å². The second kappa shape index (κ2) is 10.4. The highest BCUT2D eigenvalue weighted by molar-refractivity contribution is 6.04. The summed E-state index contributed by atoms with van der Waals surface area (Å²) in [6.07, 6.45) is 1.80. The first-order valence-corrected chi connectivity index (χ1v) is 13.0. The Bertz CT molecular complexity index is 1330. The Morgan fingerprint density at radius 3 is 2.70 bits per heavy atom. The van der Waals surface area contributed by atoms with Gasteiger partial charge in [-0.05, 0) is 35.6 Å². The zero-order valence-electron chi connectivity index (χ0n) is 21.5. The molecule has 3 amide bonds. The van der Waals surface area contributed by atoms with E-state index >= 15 is 0 Å². The molecule has 1 aromatic heterocycles. The van der Waals surface area contributed by atoms with Crippen LogP contribution in [0, 0.1) is 5.92 Å². The first kappa shape index (κ1) is 25.0. The Morgan fingerprint density at radius 1 is 1.16 bits per heavy atom. The maximum Gasteiger partial charge on any atom is 0.255 e. The van der Waals surface area contributed by atoms with E-state index < -0.39 is 12.1 Å². The summed E-state index contributed by atoms with van der Waals surface area (Å²) in [6, 6.07) is 13.8. The summed E-state index contributed by atoms with van der Waals surface area (Å²) in [5, 5.41) is 7.01. The number of nitrogens with one attached hydrogen (secondary N) is 3. The van der Waals surface area contributed by atoms with Crippen LogP contribution in [0.3, 0.4) is 0 Å². The molecule has 0 unspecified atom stereocenters. The normalized spacial score (nSPS) is 19.6. The highest BCUT2D eigenvalue weighted by atomic mass is 16.5. The van der Waals surface area contributed by atoms with Crippen molar-refractivity contribution in [3.8, 4) is 0 Å². The maximum atomic E-state index is 13.9. The number of hydrogen-bond acceptors (Lipinski definition) is 4. The van der Waals surface area contributed by atoms with Crippen LogP contribution in [0.25, 0.3) is 10.9 Å². The molecule has 0 spiro atoms. The number of aromatic nitrogens is 1. The number of carbonyl (C=O) groups excluding carboxylic acids is 3. The molecule has 37 heavy (non-hydrogen) atoms. The zero-order chi connectivity index (χ0) is 26.1. The molecule has 3 aromatic rings. The number of aromatic amines is 1. The number of H-pyrrole nitrogens is 1. The summed E-state index contributed by atoms with van der Waals surface area (Å²) in [5.41, 5.74) is 4.50. The number of nitrogens with zero attached hydrogens (tertiary/aromatic N) is 1. The van der Waals surface area contributed by atoms with Crippen LogP contribution in [0.15, 0.2) is 48.5 Å². The van der Waals surface area contributed by atoms with Gasteiger partial charge in [-0.1, -0.05) is 56.7 Å². The van der Waals surface area contributed by atoms with Crippen LogP contribution in [-0.4, -0.2) is 60.0 Å². The van der Waals surface area contributed by atoms with Crippen LogP contribution < -0.4 is 10.6 Å². The molecule has 3 N–H and O–H groups in total. The van der Waals surface area contributed by atoms with Crippen LogP contribution in [0.1, 0.15) is 59.9 Å². The third kappa shape index (κ3) is 4.39. The lowest BCUT2D eigenvalue weighted by atomic mass is 9.89. The lowest BCUT2D eigenvalue weighted by molar-refractivity contribution is -0.133. The predicted molar refractivity (Wildman–Crippen MR) is 141 cm³/mol. The smallest absolute Gasteiger partial charge is 0.255 e. The minimum atomic E-state index is -0.732. The number of rotatable bonds is 9. The van der Waals surface area contributed by atoms with Gasteiger partial charge in [0, 0.05) is 48.8 Å². The Labute approximate surface area is 216 Å². The highest BCUT2D eigenvalue weighted by Gasteiger charge is 2.49. The summed E-state index contributed by atoms with van der Waals surface area (Å²) >= 11 is 0. The van der Waals surface area contributed by atoms with Gasteiger partial charge in [0.2, 0.25) is 11.8 Å². The van der Waals surface area contributed by atoms with Crippen molar-refractivity contribution in [1.29, 1.82) is 0 Å². The van der Waals surface area contributed by atoms with Crippen molar-refractivity contribution in [1.82, 2.24) is 20.5 Å². The number of ether oxygens (including phenoxy) is 1. The molecule has 0 fully saturated rings. The van der Waals surface area contributed by atoms with Gasteiger partial charge in [0.15, 0.2) is 0 Å². The summed E-state index contributed by atoms with van der Waals surface area (Å²) in [6.45, 7) is 4.98. The van der Waals surface area contributed by atoms with E-state index in [1.807, 2.05) is 62.4 Å². The molecular weight excluding hydrogens is 468 g/mol. The third-order valence-electron chi connectivity index (χ3n) is 7.77. The third-order valence-corrected chi connectivity index (χ3v) is 7.77. The molecule has 2 aliphatic rings. The van der Waals surface area contributed by atoms with E-state index in [-0.39, 0.29) is 29.7 Å². The Kier molecular flexibility index (Phi) is 7.02. The van der Waals surface area contributed by atoms with E-state index in [1.165, 1.54) is 0 Å². The topological polar surface area (TPSA) is 104 Å². The molecule has 8 heteroatoms. The summed E-state index contributed by atoms with van der Waals surface area (Å²) < 4.78 is 5.06. The number of carbonyl (C=O) groups is 3. The Morgan fingerprint density at radius 2 is 1.92 bits per heavy atom. The van der Waals surface area contributed by atoms with Crippen molar-refractivity contribution in [2.24, 2.45) is 5.92 Å². The second-order valence-electron chi connectivity index (χ2n) is 9.99. The molecule has 194 valence electrons. The van der Waals surface area contributed by atoms with Crippen molar-refractivity contribution in [2.45, 2.75) is 51.2 Å². The molecule has 0 radical (unpaired) electrons. The van der Waals surface area contributed by atoms with Crippen molar-refractivity contribution < 1.29 is 19.1 Å². The number of methoxy groups -OCH3 is 1. The molecule has 2 aliphatic heterocycles. The number of fused-ring (bicyclic) bond motifs is 7. The molecule has 3 heterocycles. The van der Waals surface area contributed by atoms with E-state index in [9.17, 15) is 14.4 Å². The van der Waals surface area contributed by atoms with E-state index in [0.29, 0.717) is 31.6 Å². The van der Waals surface area contributed by atoms with Crippen LogP contribution in [0.4, 0.5) is 0 Å². The minimum Gasteiger partial charge on any atom is -0.385 e. The molecule has 0 aliphatic carbocycles. The van der Waals surface area contributed by atoms with Gasteiger partial charge in [-0.2, -0.15) is 0 Å². The average molecular weight is 503 g/mol. The van der Waals surface area contributed by atoms with Crippen molar-refractivity contribution in [3.05, 3.63) is 70.9 Å². The molecule has 0 saturated carbocycles. The Balaban J connectivity index is 1.48. The second-order valence-corrected chi connectivity index (χ2v) is 9.99. The first-order valence-electron chi connectivity index (χ1n) is 13.0. The molecule has 0 saturated heterocycles. The summed E-state index contributed by atoms with van der Waals surface area (Å²) in [5.74, 6) is -0.746. The van der Waals surface area contributed by atoms with Gasteiger partial charge in [-0.25, -0.2) is 0 Å². The highest BCUT2D eigenvalue weighted by Crippen LogP contribution is 2.46. The molecule has 0 bridgehead atoms. The fourth-order valence-electron chi connectivity index (χ4n) is 5.63. The van der Waals surface area contributed by atoms with Crippen LogP contribution in [-0.2, 0) is 20.7 Å². The van der Waals surface area contributed by atoms with Crippen molar-refractivity contribution in [3.63, 3.8) is 0 Å². The molecule has 5 rings (SSSR count). The van der Waals surface area contributed by atoms with Gasteiger partial charge in [-0.3, -0.25) is 14.4 Å². The quantitative estimate of drug-likeness (QED) is 0.391. The molecular formula is C29H34N4O4. The van der Waals surface area contributed by atoms with Gasteiger partial charge in [0.1, 0.15) is 12.1 Å². The first-order chi connectivity index (χ1) is 18.0. The standard InChI is InChI=1S/C29H34N4O4/c1-4-17(2)24(28(35)30-14-9-15-37-3)32-27(34)23-16-21-18-10-7-8-13-22(18)31-25(21)26-19-11-5-6-12-20(19)29(36)33(23)26/h5-8,10-13,17,23-24,26,31H,4,9,14-16H2,1-3H3,(H,30,35)(H,32,34)/t17-,23+,24+,26+/m1/s1. The van der Waals surface area contributed by atoms with Gasteiger partial charge in [-0.15, -0.1) is 0 Å². The Hall–Kier alpha value is -3.65. The maximum absolute atomic E-state index is 13.9. The summed E-state index contributed by atoms with van der Waals surface area (Å²) in [7, 11) is 1.62. The van der Waals surface area contributed by atoms with Gasteiger partial charge in [0.05, 0.1) is 6.04 Å². The van der Waals surface area contributed by atoms with Crippen LogP contribution in [0.2, 0.25) is 0 Å². The number of hydrogen-bond donors (Lipinski definition) is 3. The molecule has 8 nitrogen and oxygen atoms in total. The predicted octanol–water partition coefficient (Wildman–Crippen LogP) is 3.32. The largest absolute Gasteiger partial charge is 0.385 e. The lowest BCUT2D eigenvalue weighted by Crippen LogP contribution is -2.58. The average Bonchev–Trinajstić information content (AvgIpc) is 3.44. The van der Waals surface area contributed by atoms with Crippen LogP contribution in [0.5, 0.6) is 0 Å². The van der Waals surface area contributed by atoms with E-state index in [0.717, 1.165) is 34.1 Å². The zero-order valence-corrected chi connectivity index (χ0v) is 21.5. The van der Waals surface area contributed by atoms with E-state index in [4.69, 9.17) is 4.74 Å². The molecule has 2 aromatic carbocycles. The fraction of sp³-hybridized carbons (Fsp3) is 0.414. The van der Waals surface area contributed by atoms with E-state index in [2.05, 4.69) is 15.6 Å². The molecule has 4 atom stereocenters. The van der Waals surface area contributed by atoms with E-state index in [1.54, 1.807) is 12.0 Å². The number of benzene rings is 2. The SMILES string of the molecule is CC[C@@H](C)[C@H](NC(=O)[C@@H]1Cc2c([nH]c3ccccc23)[C@@H]2c3ccccc3C(=O)N21)C(=O)NCCCOC. The van der Waals surface area contributed by atoms with Gasteiger partial charge < -0.3 is 25.3 Å². The number of para-hydroxylation sites is 1. The number of amides is 3. The van der Waals surface area contributed by atoms with Gasteiger partial charge in [0.25, 0.3) is 5.91 Å². The minimum absolute atomic E-state index is 0.0686. The monoisotopic (exact) mass is 502 g/mol. The van der Waals surface area contributed by atoms with Crippen LogP contribution >= 0.6 is 0 Å².